The van der Waals surface area contributed by atoms with Crippen molar-refractivity contribution in [3.8, 4) is 5.75 Å². The van der Waals surface area contributed by atoms with Gasteiger partial charge in [0.05, 0.1) is 24.4 Å². The predicted octanol–water partition coefficient (Wildman–Crippen LogP) is 2.85. The van der Waals surface area contributed by atoms with Gasteiger partial charge in [-0.3, -0.25) is 15.0 Å². The summed E-state index contributed by atoms with van der Waals surface area (Å²) in [4.78, 5) is 29.3. The summed E-state index contributed by atoms with van der Waals surface area (Å²) in [5.74, 6) is 0.797. The molecule has 8 nitrogen and oxygen atoms in total. The van der Waals surface area contributed by atoms with Crippen molar-refractivity contribution in [1.82, 2.24) is 10.2 Å². The first-order valence-electron chi connectivity index (χ1n) is 11.0. The van der Waals surface area contributed by atoms with Gasteiger partial charge in [-0.1, -0.05) is 13.8 Å². The number of amides is 1. The van der Waals surface area contributed by atoms with Crippen LogP contribution in [-0.4, -0.2) is 63.8 Å². The Bertz CT molecular complexity index is 1170. The van der Waals surface area contributed by atoms with Gasteiger partial charge in [0.2, 0.25) is 0 Å². The summed E-state index contributed by atoms with van der Waals surface area (Å²) in [5.41, 5.74) is 5.16. The van der Waals surface area contributed by atoms with Crippen LogP contribution in [0.15, 0.2) is 24.3 Å². The smallest absolute Gasteiger partial charge is 0.253 e. The minimum atomic E-state index is -0.202. The average Bonchev–Trinajstić information content (AvgIpc) is 3.26. The van der Waals surface area contributed by atoms with Crippen molar-refractivity contribution in [2.45, 2.75) is 25.8 Å². The largest absolute Gasteiger partial charge is 0.490 e. The van der Waals surface area contributed by atoms with Gasteiger partial charge in [0.25, 0.3) is 5.91 Å². The zero-order valence-electron chi connectivity index (χ0n) is 20.0. The maximum absolute atomic E-state index is 13.3. The minimum Gasteiger partial charge on any atom is -0.490 e. The van der Waals surface area contributed by atoms with E-state index in [-0.39, 0.29) is 29.5 Å². The fraction of sp³-hybridized carbons (Fsp3) is 0.400. The lowest BCUT2D eigenvalue weighted by Crippen LogP contribution is -2.30. The second kappa shape index (κ2) is 8.10. The number of nitrogens with one attached hydrogen (secondary N) is 3. The minimum absolute atomic E-state index is 0.0612. The maximum Gasteiger partial charge on any atom is 0.253 e. The lowest BCUT2D eigenvalue weighted by molar-refractivity contribution is 0.0955. The lowest BCUT2D eigenvalue weighted by Gasteiger charge is -2.19. The molecule has 0 radical (unpaired) electrons. The zero-order valence-corrected chi connectivity index (χ0v) is 20.0. The Morgan fingerprint density at radius 1 is 1.18 bits per heavy atom. The molecule has 0 aliphatic carbocycles. The molecule has 0 spiro atoms. The monoisotopic (exact) mass is 449 g/mol. The van der Waals surface area contributed by atoms with E-state index in [0.29, 0.717) is 29.8 Å². The molecule has 174 valence electrons. The van der Waals surface area contributed by atoms with E-state index in [0.717, 1.165) is 28.3 Å². The highest BCUT2D eigenvalue weighted by atomic mass is 16.5. The third-order valence-corrected chi connectivity index (χ3v) is 6.43. The Morgan fingerprint density at radius 3 is 2.55 bits per heavy atom. The number of rotatable bonds is 6. The van der Waals surface area contributed by atoms with E-state index in [2.05, 4.69) is 24.5 Å². The molecule has 0 aromatic heterocycles. The van der Waals surface area contributed by atoms with Crippen LogP contribution >= 0.6 is 0 Å². The summed E-state index contributed by atoms with van der Waals surface area (Å²) in [6.45, 7) is 5.32. The van der Waals surface area contributed by atoms with Crippen molar-refractivity contribution in [1.29, 1.82) is 5.41 Å². The molecule has 0 fully saturated rings. The van der Waals surface area contributed by atoms with Gasteiger partial charge in [0.15, 0.2) is 5.78 Å². The molecule has 0 saturated heterocycles. The molecule has 0 atom stereocenters. The second-order valence-corrected chi connectivity index (χ2v) is 9.45. The molecule has 2 heterocycles. The Labute approximate surface area is 194 Å². The van der Waals surface area contributed by atoms with Gasteiger partial charge in [0, 0.05) is 62.5 Å². The first-order chi connectivity index (χ1) is 15.6. The van der Waals surface area contributed by atoms with Crippen LogP contribution in [0.25, 0.3) is 0 Å². The van der Waals surface area contributed by atoms with Crippen molar-refractivity contribution in [3.63, 3.8) is 0 Å². The van der Waals surface area contributed by atoms with Gasteiger partial charge in [-0.15, -0.1) is 0 Å². The van der Waals surface area contributed by atoms with Gasteiger partial charge >= 0.3 is 0 Å². The quantitative estimate of drug-likeness (QED) is 0.587. The molecule has 2 aliphatic rings. The van der Waals surface area contributed by atoms with Gasteiger partial charge in [0.1, 0.15) is 11.6 Å². The normalized spacial score (nSPS) is 15.6. The van der Waals surface area contributed by atoms with Crippen LogP contribution in [0.2, 0.25) is 0 Å². The molecule has 4 rings (SSSR count). The second-order valence-electron chi connectivity index (χ2n) is 9.45. The Hall–Kier alpha value is -3.55. The van der Waals surface area contributed by atoms with E-state index < -0.39 is 0 Å². The van der Waals surface area contributed by atoms with E-state index >= 15 is 0 Å². The predicted molar refractivity (Wildman–Crippen MR) is 130 cm³/mol. The summed E-state index contributed by atoms with van der Waals surface area (Å²) in [6, 6.07) is 7.44. The van der Waals surface area contributed by atoms with E-state index in [4.69, 9.17) is 10.1 Å². The van der Waals surface area contributed by atoms with Crippen LogP contribution < -0.4 is 20.3 Å². The number of ether oxygens (including phenoxy) is 1. The van der Waals surface area contributed by atoms with Crippen LogP contribution in [0.3, 0.4) is 0 Å². The van der Waals surface area contributed by atoms with Crippen LogP contribution in [0.5, 0.6) is 5.75 Å². The summed E-state index contributed by atoms with van der Waals surface area (Å²) in [7, 11) is 7.17. The molecule has 3 N–H and O–H groups in total. The Morgan fingerprint density at radius 2 is 1.91 bits per heavy atom. The van der Waals surface area contributed by atoms with Crippen LogP contribution in [0.1, 0.15) is 51.3 Å². The van der Waals surface area contributed by atoms with Gasteiger partial charge in [-0.25, -0.2) is 0 Å². The molecule has 8 heteroatoms. The van der Waals surface area contributed by atoms with E-state index in [1.807, 2.05) is 44.2 Å². The zero-order chi connectivity index (χ0) is 24.1. The van der Waals surface area contributed by atoms with Gasteiger partial charge < -0.3 is 25.2 Å². The third-order valence-electron chi connectivity index (χ3n) is 6.43. The van der Waals surface area contributed by atoms with E-state index in [9.17, 15) is 9.59 Å². The number of anilines is 2. The number of hydrogen-bond acceptors (Lipinski definition) is 6. The number of nitrogens with zero attached hydrogens (tertiary/aromatic N) is 2. The highest BCUT2D eigenvalue weighted by Gasteiger charge is 2.35. The number of fused-ring (bicyclic) bond motifs is 2. The highest BCUT2D eigenvalue weighted by molar-refractivity contribution is 6.08. The molecule has 0 saturated carbocycles. The van der Waals surface area contributed by atoms with Crippen molar-refractivity contribution in [2.75, 3.05) is 51.6 Å². The highest BCUT2D eigenvalue weighted by Crippen LogP contribution is 2.44. The van der Waals surface area contributed by atoms with Crippen LogP contribution in [0, 0.1) is 5.41 Å². The number of carbonyl (C=O) groups excluding carboxylic acids is 2. The molecule has 2 aromatic rings. The van der Waals surface area contributed by atoms with Crippen LogP contribution in [-0.2, 0) is 12.0 Å². The lowest BCUT2D eigenvalue weighted by atomic mass is 9.85. The number of hydrogen-bond donors (Lipinski definition) is 3. The standard InChI is InChI=1S/C25H31N5O3/c1-25(2)13-33-22-18(25)7-14(8-19(22)27-3)21(31)12-30-11-15-9-20(29(5)6)17(24(32)28-4)10-16(15)23(30)26/h7-10,26-27H,11-13H2,1-6H3,(H,28,32). The number of Topliss-reactive ketones (excluding diaryl/α,β-unsaturated/α-hetero) is 1. The average molecular weight is 450 g/mol. The number of benzene rings is 2. The van der Waals surface area contributed by atoms with Crippen molar-refractivity contribution >= 4 is 28.9 Å². The summed E-state index contributed by atoms with van der Waals surface area (Å²) >= 11 is 0. The van der Waals surface area contributed by atoms with E-state index in [1.54, 1.807) is 18.0 Å². The molecule has 0 unspecified atom stereocenters. The van der Waals surface area contributed by atoms with Crippen molar-refractivity contribution in [3.05, 3.63) is 52.1 Å². The fourth-order valence-corrected chi connectivity index (χ4v) is 4.49. The first-order valence-corrected chi connectivity index (χ1v) is 11.0. The molecule has 0 bridgehead atoms. The Kier molecular flexibility index (Phi) is 5.56. The third kappa shape index (κ3) is 3.79. The van der Waals surface area contributed by atoms with Gasteiger partial charge in [-0.05, 0) is 29.8 Å². The topological polar surface area (TPSA) is 97.8 Å². The summed E-state index contributed by atoms with van der Waals surface area (Å²) in [5, 5.41) is 14.5. The molecular formula is C25H31N5O3. The summed E-state index contributed by atoms with van der Waals surface area (Å²) < 4.78 is 5.88. The summed E-state index contributed by atoms with van der Waals surface area (Å²) in [6.07, 6.45) is 0. The Balaban J connectivity index is 1.62. The molecule has 33 heavy (non-hydrogen) atoms. The van der Waals surface area contributed by atoms with Crippen molar-refractivity contribution in [2.24, 2.45) is 0 Å². The molecular weight excluding hydrogens is 418 g/mol. The van der Waals surface area contributed by atoms with Crippen molar-refractivity contribution < 1.29 is 14.3 Å². The first kappa shape index (κ1) is 22.6. The fourth-order valence-electron chi connectivity index (χ4n) is 4.49. The SMILES string of the molecule is CNC(=O)c1cc2c(cc1N(C)C)CN(CC(=O)c1cc(NC)c3c(c1)C(C)(C)CO3)C2=N. The number of carbonyl (C=O) groups is 2. The molecule has 2 aromatic carbocycles. The molecule has 2 aliphatic heterocycles. The maximum atomic E-state index is 13.3. The van der Waals surface area contributed by atoms with E-state index in [1.165, 1.54) is 0 Å². The van der Waals surface area contributed by atoms with Crippen LogP contribution in [0.4, 0.5) is 11.4 Å². The van der Waals surface area contributed by atoms with Gasteiger partial charge in [-0.2, -0.15) is 0 Å². The molecule has 1 amide bonds. The number of ketones is 1. The number of amidine groups is 1.